The number of anilines is 1. The molecule has 1 rings (SSSR count). The molecule has 56 valence electrons. The summed E-state index contributed by atoms with van der Waals surface area (Å²) in [6.45, 7) is 0.423. The molecule has 1 aromatic rings. The molecule has 0 aromatic carbocycles. The molecule has 0 bridgehead atoms. The van der Waals surface area contributed by atoms with Gasteiger partial charge in [0.1, 0.15) is 15.7 Å². The normalized spacial score (nSPS) is 10.2. The predicted molar refractivity (Wildman–Crippen MR) is 42.2 cm³/mol. The number of halogens is 1. The summed E-state index contributed by atoms with van der Waals surface area (Å²) in [7, 11) is 1.59. The Morgan fingerprint density at radius 3 is 2.90 bits per heavy atom. The first-order valence-electron chi connectivity index (χ1n) is 2.64. The number of rotatable bonds is 2. The smallest absolute Gasteiger partial charge is 0.126 e. The maximum atomic E-state index is 5.73. The van der Waals surface area contributed by atoms with Crippen LogP contribution in [-0.2, 0) is 11.3 Å². The SMILES string of the molecule is COCc1nsc(N)c1Cl. The lowest BCUT2D eigenvalue weighted by atomic mass is 10.4. The van der Waals surface area contributed by atoms with Crippen molar-refractivity contribution in [2.75, 3.05) is 12.8 Å². The van der Waals surface area contributed by atoms with Crippen LogP contribution in [0.1, 0.15) is 5.69 Å². The molecule has 0 fully saturated rings. The fraction of sp³-hybridized carbons (Fsp3) is 0.400. The molecule has 0 saturated heterocycles. The van der Waals surface area contributed by atoms with E-state index in [4.69, 9.17) is 22.1 Å². The fourth-order valence-corrected chi connectivity index (χ4v) is 1.35. The highest BCUT2D eigenvalue weighted by Crippen LogP contribution is 2.26. The second-order valence-electron chi connectivity index (χ2n) is 1.74. The number of ether oxygens (including phenoxy) is 1. The van der Waals surface area contributed by atoms with Crippen LogP contribution in [0.4, 0.5) is 5.00 Å². The van der Waals surface area contributed by atoms with E-state index in [1.54, 1.807) is 7.11 Å². The minimum absolute atomic E-state index is 0.423. The zero-order valence-electron chi connectivity index (χ0n) is 5.43. The molecule has 0 aliphatic carbocycles. The number of methoxy groups -OCH3 is 1. The number of nitrogens with two attached hydrogens (primary N) is 1. The van der Waals surface area contributed by atoms with E-state index in [1.807, 2.05) is 0 Å². The maximum absolute atomic E-state index is 5.73. The molecule has 2 N–H and O–H groups in total. The third-order valence-corrected chi connectivity index (χ3v) is 2.25. The van der Waals surface area contributed by atoms with Crippen LogP contribution in [0.15, 0.2) is 0 Å². The topological polar surface area (TPSA) is 48.1 Å². The third-order valence-electron chi connectivity index (χ3n) is 1.00. The predicted octanol–water partition coefficient (Wildman–Crippen LogP) is 1.53. The van der Waals surface area contributed by atoms with Crippen molar-refractivity contribution < 1.29 is 4.74 Å². The Morgan fingerprint density at radius 2 is 2.50 bits per heavy atom. The van der Waals surface area contributed by atoms with Gasteiger partial charge >= 0.3 is 0 Å². The molecule has 0 aliphatic rings. The van der Waals surface area contributed by atoms with Crippen LogP contribution in [-0.4, -0.2) is 11.5 Å². The monoisotopic (exact) mass is 178 g/mol. The molecule has 10 heavy (non-hydrogen) atoms. The summed E-state index contributed by atoms with van der Waals surface area (Å²) < 4.78 is 8.79. The zero-order valence-corrected chi connectivity index (χ0v) is 7.00. The van der Waals surface area contributed by atoms with E-state index in [0.717, 1.165) is 0 Å². The van der Waals surface area contributed by atoms with Gasteiger partial charge in [-0.1, -0.05) is 11.6 Å². The van der Waals surface area contributed by atoms with Gasteiger partial charge in [-0.3, -0.25) is 0 Å². The first-order valence-corrected chi connectivity index (χ1v) is 3.79. The van der Waals surface area contributed by atoms with Gasteiger partial charge in [0.15, 0.2) is 0 Å². The molecule has 0 aliphatic heterocycles. The summed E-state index contributed by atoms with van der Waals surface area (Å²) in [6, 6.07) is 0. The van der Waals surface area contributed by atoms with E-state index < -0.39 is 0 Å². The average Bonchev–Trinajstić information content (AvgIpc) is 2.20. The van der Waals surface area contributed by atoms with E-state index in [1.165, 1.54) is 11.5 Å². The minimum Gasteiger partial charge on any atom is -0.388 e. The highest BCUT2D eigenvalue weighted by Gasteiger charge is 2.07. The van der Waals surface area contributed by atoms with Crippen LogP contribution in [0.2, 0.25) is 5.02 Å². The van der Waals surface area contributed by atoms with Crippen molar-refractivity contribution in [3.05, 3.63) is 10.7 Å². The van der Waals surface area contributed by atoms with Crippen LogP contribution in [0.3, 0.4) is 0 Å². The molecular weight excluding hydrogens is 172 g/mol. The van der Waals surface area contributed by atoms with E-state index >= 15 is 0 Å². The van der Waals surface area contributed by atoms with Crippen molar-refractivity contribution in [2.45, 2.75) is 6.61 Å². The van der Waals surface area contributed by atoms with Gasteiger partial charge in [-0.15, -0.1) is 0 Å². The minimum atomic E-state index is 0.423. The fourth-order valence-electron chi connectivity index (χ4n) is 0.553. The molecule has 5 heteroatoms. The van der Waals surface area contributed by atoms with Gasteiger partial charge in [-0.05, 0) is 11.5 Å². The average molecular weight is 179 g/mol. The Bertz CT molecular complexity index is 225. The van der Waals surface area contributed by atoms with Crippen molar-refractivity contribution in [1.82, 2.24) is 4.37 Å². The summed E-state index contributed by atoms with van der Waals surface area (Å²) in [5.74, 6) is 0. The first-order chi connectivity index (χ1) is 4.75. The highest BCUT2D eigenvalue weighted by molar-refractivity contribution is 7.10. The van der Waals surface area contributed by atoms with Gasteiger partial charge in [0.2, 0.25) is 0 Å². The number of aromatic nitrogens is 1. The Kier molecular flexibility index (Phi) is 2.48. The molecule has 0 unspecified atom stereocenters. The van der Waals surface area contributed by atoms with Gasteiger partial charge in [-0.25, -0.2) is 0 Å². The molecule has 1 heterocycles. The molecular formula is C5H7ClN2OS. The quantitative estimate of drug-likeness (QED) is 0.747. The van der Waals surface area contributed by atoms with Crippen molar-refractivity contribution in [3.63, 3.8) is 0 Å². The molecule has 1 aromatic heterocycles. The molecule has 3 nitrogen and oxygen atoms in total. The van der Waals surface area contributed by atoms with E-state index in [0.29, 0.717) is 22.3 Å². The van der Waals surface area contributed by atoms with Crippen LogP contribution in [0, 0.1) is 0 Å². The largest absolute Gasteiger partial charge is 0.388 e. The lowest BCUT2D eigenvalue weighted by molar-refractivity contribution is 0.182. The summed E-state index contributed by atoms with van der Waals surface area (Å²) in [6.07, 6.45) is 0. The Hall–Kier alpha value is -0.320. The summed E-state index contributed by atoms with van der Waals surface area (Å²) in [5, 5.41) is 1.07. The second kappa shape index (κ2) is 3.18. The molecule has 0 radical (unpaired) electrons. The summed E-state index contributed by atoms with van der Waals surface area (Å²) in [5.41, 5.74) is 6.15. The van der Waals surface area contributed by atoms with Gasteiger partial charge in [0.25, 0.3) is 0 Å². The maximum Gasteiger partial charge on any atom is 0.126 e. The zero-order chi connectivity index (χ0) is 7.56. The van der Waals surface area contributed by atoms with E-state index in [9.17, 15) is 0 Å². The van der Waals surface area contributed by atoms with E-state index in [2.05, 4.69) is 4.37 Å². The second-order valence-corrected chi connectivity index (χ2v) is 2.92. The van der Waals surface area contributed by atoms with Crippen molar-refractivity contribution in [2.24, 2.45) is 0 Å². The lowest BCUT2D eigenvalue weighted by Gasteiger charge is -1.92. The van der Waals surface area contributed by atoms with Crippen LogP contribution < -0.4 is 5.73 Å². The van der Waals surface area contributed by atoms with Gasteiger partial charge in [0, 0.05) is 7.11 Å². The number of hydrogen-bond donors (Lipinski definition) is 1. The summed E-state index contributed by atoms with van der Waals surface area (Å²) in [4.78, 5) is 0. The lowest BCUT2D eigenvalue weighted by Crippen LogP contribution is -1.87. The molecule has 0 saturated carbocycles. The van der Waals surface area contributed by atoms with Crippen molar-refractivity contribution in [3.8, 4) is 0 Å². The van der Waals surface area contributed by atoms with Gasteiger partial charge in [0.05, 0.1) is 6.61 Å². The Morgan fingerprint density at radius 1 is 1.80 bits per heavy atom. The molecule has 0 atom stereocenters. The highest BCUT2D eigenvalue weighted by atomic mass is 35.5. The van der Waals surface area contributed by atoms with Crippen molar-refractivity contribution >= 4 is 28.1 Å². The van der Waals surface area contributed by atoms with Gasteiger partial charge in [-0.2, -0.15) is 4.37 Å². The summed E-state index contributed by atoms with van der Waals surface area (Å²) >= 11 is 6.92. The Balaban J connectivity index is 2.83. The molecule has 0 spiro atoms. The Labute approximate surface area is 67.9 Å². The number of nitrogen functional groups attached to an aromatic ring is 1. The van der Waals surface area contributed by atoms with Crippen LogP contribution in [0.25, 0.3) is 0 Å². The van der Waals surface area contributed by atoms with E-state index in [-0.39, 0.29) is 0 Å². The molecule has 0 amide bonds. The van der Waals surface area contributed by atoms with Gasteiger partial charge < -0.3 is 10.5 Å². The number of hydrogen-bond acceptors (Lipinski definition) is 4. The number of nitrogens with zero attached hydrogens (tertiary/aromatic N) is 1. The van der Waals surface area contributed by atoms with Crippen LogP contribution in [0.5, 0.6) is 0 Å². The first kappa shape index (κ1) is 7.78. The standard InChI is InChI=1S/C5H7ClN2OS/c1-9-2-3-4(6)5(7)10-8-3/h2,7H2,1H3. The third kappa shape index (κ3) is 1.39. The van der Waals surface area contributed by atoms with Crippen molar-refractivity contribution in [1.29, 1.82) is 0 Å². The van der Waals surface area contributed by atoms with Crippen LogP contribution >= 0.6 is 23.1 Å².